The van der Waals surface area contributed by atoms with Crippen molar-refractivity contribution >= 4 is 34.5 Å². The van der Waals surface area contributed by atoms with Gasteiger partial charge in [-0.25, -0.2) is 9.50 Å². The molecule has 0 saturated heterocycles. The van der Waals surface area contributed by atoms with Gasteiger partial charge in [0.2, 0.25) is 0 Å². The summed E-state index contributed by atoms with van der Waals surface area (Å²) in [6, 6.07) is 7.58. The molecule has 0 radical (unpaired) electrons. The van der Waals surface area contributed by atoms with Gasteiger partial charge in [0.1, 0.15) is 5.52 Å². The molecule has 3 aromatic rings. The molecule has 2 heterocycles. The van der Waals surface area contributed by atoms with E-state index in [4.69, 9.17) is 23.2 Å². The zero-order valence-corrected chi connectivity index (χ0v) is 13.2. The Hall–Kier alpha value is -1.78. The SMILES string of the molecule is Cc1cc2c(NC(C)c3cccc(Cl)c3Cl)nccn2n1. The molecule has 6 heteroatoms. The summed E-state index contributed by atoms with van der Waals surface area (Å²) in [7, 11) is 0. The Morgan fingerprint density at radius 2 is 2.10 bits per heavy atom. The molecule has 0 aliphatic heterocycles. The van der Waals surface area contributed by atoms with Gasteiger partial charge in [0.15, 0.2) is 5.82 Å². The first-order valence-electron chi connectivity index (χ1n) is 6.57. The summed E-state index contributed by atoms with van der Waals surface area (Å²) < 4.78 is 1.80. The Balaban J connectivity index is 1.96. The normalized spacial score (nSPS) is 12.6. The predicted octanol–water partition coefficient (Wildman–Crippen LogP) is 4.52. The molecule has 0 saturated carbocycles. The van der Waals surface area contributed by atoms with Gasteiger partial charge >= 0.3 is 0 Å². The standard InChI is InChI=1S/C15H14Cl2N4/c1-9-8-13-15(18-6-7-21(13)20-9)19-10(2)11-4-3-5-12(16)14(11)17/h3-8,10H,1-2H3,(H,18,19). The highest BCUT2D eigenvalue weighted by molar-refractivity contribution is 6.42. The quantitative estimate of drug-likeness (QED) is 0.771. The van der Waals surface area contributed by atoms with E-state index in [1.165, 1.54) is 0 Å². The van der Waals surface area contributed by atoms with Crippen molar-refractivity contribution in [2.24, 2.45) is 0 Å². The van der Waals surface area contributed by atoms with Crippen LogP contribution in [-0.4, -0.2) is 14.6 Å². The minimum absolute atomic E-state index is 0.0230. The van der Waals surface area contributed by atoms with Crippen molar-refractivity contribution < 1.29 is 0 Å². The molecule has 0 amide bonds. The van der Waals surface area contributed by atoms with E-state index in [-0.39, 0.29) is 6.04 Å². The third-order valence-electron chi connectivity index (χ3n) is 3.31. The number of nitrogens with one attached hydrogen (secondary N) is 1. The second-order valence-electron chi connectivity index (χ2n) is 4.90. The minimum Gasteiger partial charge on any atom is -0.362 e. The second-order valence-corrected chi connectivity index (χ2v) is 5.69. The Labute approximate surface area is 132 Å². The molecule has 0 aliphatic rings. The predicted molar refractivity (Wildman–Crippen MR) is 86.2 cm³/mol. The molecular formula is C15H14Cl2N4. The Morgan fingerprint density at radius 3 is 2.90 bits per heavy atom. The lowest BCUT2D eigenvalue weighted by Gasteiger charge is -2.17. The molecule has 0 aliphatic carbocycles. The molecular weight excluding hydrogens is 307 g/mol. The molecule has 108 valence electrons. The van der Waals surface area contributed by atoms with E-state index >= 15 is 0 Å². The first-order valence-corrected chi connectivity index (χ1v) is 7.33. The Kier molecular flexibility index (Phi) is 3.74. The highest BCUT2D eigenvalue weighted by atomic mass is 35.5. The fourth-order valence-corrected chi connectivity index (χ4v) is 2.76. The molecule has 2 aromatic heterocycles. The number of aromatic nitrogens is 3. The van der Waals surface area contributed by atoms with Crippen LogP contribution in [0.4, 0.5) is 5.82 Å². The van der Waals surface area contributed by atoms with Gasteiger partial charge in [-0.3, -0.25) is 0 Å². The van der Waals surface area contributed by atoms with Gasteiger partial charge in [-0.2, -0.15) is 5.10 Å². The van der Waals surface area contributed by atoms with E-state index in [0.29, 0.717) is 10.0 Å². The summed E-state index contributed by atoms with van der Waals surface area (Å²) >= 11 is 12.3. The topological polar surface area (TPSA) is 42.2 Å². The van der Waals surface area contributed by atoms with E-state index in [1.807, 2.05) is 38.2 Å². The Morgan fingerprint density at radius 1 is 1.29 bits per heavy atom. The number of hydrogen-bond donors (Lipinski definition) is 1. The van der Waals surface area contributed by atoms with Crippen LogP contribution in [-0.2, 0) is 0 Å². The number of nitrogens with zero attached hydrogens (tertiary/aromatic N) is 3. The molecule has 4 nitrogen and oxygen atoms in total. The van der Waals surface area contributed by atoms with E-state index in [0.717, 1.165) is 22.6 Å². The number of aryl methyl sites for hydroxylation is 1. The third kappa shape index (κ3) is 2.69. The van der Waals surface area contributed by atoms with Gasteiger partial charge in [-0.1, -0.05) is 35.3 Å². The second kappa shape index (κ2) is 5.54. The van der Waals surface area contributed by atoms with Gasteiger partial charge < -0.3 is 5.32 Å². The maximum Gasteiger partial charge on any atom is 0.152 e. The van der Waals surface area contributed by atoms with Crippen molar-refractivity contribution in [3.63, 3.8) is 0 Å². The van der Waals surface area contributed by atoms with E-state index in [9.17, 15) is 0 Å². The third-order valence-corrected chi connectivity index (χ3v) is 4.15. The zero-order valence-electron chi connectivity index (χ0n) is 11.6. The van der Waals surface area contributed by atoms with E-state index < -0.39 is 0 Å². The maximum absolute atomic E-state index is 6.27. The van der Waals surface area contributed by atoms with Gasteiger partial charge in [-0.15, -0.1) is 0 Å². The van der Waals surface area contributed by atoms with Crippen molar-refractivity contribution in [2.75, 3.05) is 5.32 Å². The van der Waals surface area contributed by atoms with Crippen LogP contribution in [0.25, 0.3) is 5.52 Å². The smallest absolute Gasteiger partial charge is 0.152 e. The van der Waals surface area contributed by atoms with Gasteiger partial charge in [-0.05, 0) is 31.5 Å². The molecule has 0 spiro atoms. The molecule has 0 fully saturated rings. The summed E-state index contributed by atoms with van der Waals surface area (Å²) in [6.07, 6.45) is 3.54. The monoisotopic (exact) mass is 320 g/mol. The molecule has 1 aromatic carbocycles. The van der Waals surface area contributed by atoms with Gasteiger partial charge in [0.05, 0.1) is 21.8 Å². The lowest BCUT2D eigenvalue weighted by molar-refractivity contribution is 0.865. The summed E-state index contributed by atoms with van der Waals surface area (Å²) in [5.74, 6) is 0.765. The average molecular weight is 321 g/mol. The van der Waals surface area contributed by atoms with E-state index in [2.05, 4.69) is 15.4 Å². The fraction of sp³-hybridized carbons (Fsp3) is 0.200. The van der Waals surface area contributed by atoms with Crippen LogP contribution in [0.2, 0.25) is 10.0 Å². The summed E-state index contributed by atoms with van der Waals surface area (Å²) in [5.41, 5.74) is 2.81. The number of rotatable bonds is 3. The van der Waals surface area contributed by atoms with Crippen LogP contribution in [0, 0.1) is 6.92 Å². The lowest BCUT2D eigenvalue weighted by Crippen LogP contribution is -2.09. The molecule has 3 rings (SSSR count). The van der Waals surface area contributed by atoms with Gasteiger partial charge in [0, 0.05) is 12.4 Å². The van der Waals surface area contributed by atoms with Crippen LogP contribution in [0.3, 0.4) is 0 Å². The lowest BCUT2D eigenvalue weighted by atomic mass is 10.1. The number of hydrogen-bond acceptors (Lipinski definition) is 3. The highest BCUT2D eigenvalue weighted by Gasteiger charge is 2.14. The first-order chi connectivity index (χ1) is 10.1. The maximum atomic E-state index is 6.27. The summed E-state index contributed by atoms with van der Waals surface area (Å²) in [6.45, 7) is 3.97. The minimum atomic E-state index is -0.0230. The van der Waals surface area contributed by atoms with Crippen LogP contribution < -0.4 is 5.32 Å². The molecule has 1 unspecified atom stereocenters. The number of halogens is 2. The van der Waals surface area contributed by atoms with Gasteiger partial charge in [0.25, 0.3) is 0 Å². The fourth-order valence-electron chi connectivity index (χ4n) is 2.29. The van der Waals surface area contributed by atoms with Crippen molar-refractivity contribution in [2.45, 2.75) is 19.9 Å². The average Bonchev–Trinajstić information content (AvgIpc) is 2.83. The van der Waals surface area contributed by atoms with Crippen LogP contribution >= 0.6 is 23.2 Å². The summed E-state index contributed by atoms with van der Waals surface area (Å²) in [4.78, 5) is 4.39. The largest absolute Gasteiger partial charge is 0.362 e. The Bertz CT molecular complexity index is 797. The molecule has 1 N–H and O–H groups in total. The summed E-state index contributed by atoms with van der Waals surface area (Å²) in [5, 5.41) is 8.86. The molecule has 0 bridgehead atoms. The van der Waals surface area contributed by atoms with E-state index in [1.54, 1.807) is 16.8 Å². The molecule has 21 heavy (non-hydrogen) atoms. The number of fused-ring (bicyclic) bond motifs is 1. The highest BCUT2D eigenvalue weighted by Crippen LogP contribution is 2.31. The first kappa shape index (κ1) is 14.2. The zero-order chi connectivity index (χ0) is 15.0. The number of benzene rings is 1. The van der Waals surface area contributed by atoms with Crippen LogP contribution in [0.5, 0.6) is 0 Å². The van der Waals surface area contributed by atoms with Crippen molar-refractivity contribution in [3.8, 4) is 0 Å². The molecule has 1 atom stereocenters. The van der Waals surface area contributed by atoms with Crippen LogP contribution in [0.1, 0.15) is 24.2 Å². The van der Waals surface area contributed by atoms with Crippen molar-refractivity contribution in [1.82, 2.24) is 14.6 Å². The number of anilines is 1. The van der Waals surface area contributed by atoms with Crippen LogP contribution in [0.15, 0.2) is 36.7 Å². The van der Waals surface area contributed by atoms with Crippen molar-refractivity contribution in [1.29, 1.82) is 0 Å². The van der Waals surface area contributed by atoms with Crippen molar-refractivity contribution in [3.05, 3.63) is 58.0 Å².